The summed E-state index contributed by atoms with van der Waals surface area (Å²) in [7, 11) is -3.84. The van der Waals surface area contributed by atoms with Crippen molar-refractivity contribution in [3.63, 3.8) is 0 Å². The van der Waals surface area contributed by atoms with Gasteiger partial charge in [0.25, 0.3) is 5.91 Å². The van der Waals surface area contributed by atoms with Gasteiger partial charge in [0.05, 0.1) is 52.9 Å². The highest BCUT2D eigenvalue weighted by molar-refractivity contribution is 7.92. The second-order valence-corrected chi connectivity index (χ2v) is 26.4. The maximum Gasteiger partial charge on any atom is 0.274 e. The van der Waals surface area contributed by atoms with E-state index in [2.05, 4.69) is 89.1 Å². The Morgan fingerprint density at radius 1 is 0.887 bits per heavy atom. The van der Waals surface area contributed by atoms with Crippen molar-refractivity contribution in [3.8, 4) is 5.75 Å². The van der Waals surface area contributed by atoms with Gasteiger partial charge in [-0.25, -0.2) is 32.7 Å². The minimum atomic E-state index is -3.84. The number of benzene rings is 2. The SMILES string of the molecule is Cc1n[nH]c(Nc2ncnc3cc(OCCCN4CCN(C(=O)c5cnc(N6CCN(C[C@H]7CN[C@H](C)CN7CC(=O)N7CC(C)(C)c8ncc(Cc9ccc(F)cc9)cc87)C(C)C6)cn5)CC4)c(S(=O)(=O)C(C)(C)C)cc23)c1C. The smallest absolute Gasteiger partial charge is 0.274 e. The van der Waals surface area contributed by atoms with Crippen molar-refractivity contribution >= 4 is 55.7 Å². The largest absolute Gasteiger partial charge is 0.492 e. The number of nitrogens with one attached hydrogen (secondary N) is 3. The van der Waals surface area contributed by atoms with Gasteiger partial charge in [-0.2, -0.15) is 5.10 Å². The monoisotopic (exact) mass is 1110 g/mol. The van der Waals surface area contributed by atoms with Crippen LogP contribution < -0.4 is 25.2 Å². The van der Waals surface area contributed by atoms with Gasteiger partial charge in [0.1, 0.15) is 45.9 Å². The molecular weight excluding hydrogens is 1040 g/mol. The number of H-pyrrole nitrogens is 1. The number of halogens is 1. The predicted molar refractivity (Wildman–Crippen MR) is 307 cm³/mol. The van der Waals surface area contributed by atoms with Crippen molar-refractivity contribution in [2.24, 2.45) is 0 Å². The standard InChI is InChI=1S/C58H76FN15O5S/c1-37-31-73(34-52(75)74-35-58(8,9)53-48(74)24-42(27-63-53)23-41-11-13-43(59)14-12-41)44(28-60-37)33-71-20-21-72(32-38(71)2)51-30-61-47(29-62-51)56(76)70-18-16-69(17-19-70)15-10-22-79-49-26-46-45(25-50(49)80(77,78)57(5,6)7)55(65-36-64-46)66-54-39(3)40(4)67-68-54/h11-14,24-27,29-30,36-38,44,60H,10,15-23,28,31-35H2,1-9H3,(H2,64,65,66,67,68)/t37-,38?,44-/m1/s1. The predicted octanol–water partition coefficient (Wildman–Crippen LogP) is 5.92. The van der Waals surface area contributed by atoms with E-state index in [0.717, 1.165) is 78.9 Å². The summed E-state index contributed by atoms with van der Waals surface area (Å²) in [5.41, 5.74) is 6.09. The first kappa shape index (κ1) is 56.6. The fraction of sp³-hybridized carbons (Fsp3) is 0.517. The van der Waals surface area contributed by atoms with Crippen LogP contribution in [-0.2, 0) is 26.5 Å². The summed E-state index contributed by atoms with van der Waals surface area (Å²) in [6.45, 7) is 26.5. The number of sulfone groups is 1. The van der Waals surface area contributed by atoms with Crippen molar-refractivity contribution in [2.75, 3.05) is 107 Å². The van der Waals surface area contributed by atoms with Gasteiger partial charge in [-0.3, -0.25) is 34.4 Å². The van der Waals surface area contributed by atoms with Gasteiger partial charge < -0.3 is 30.1 Å². The number of piperazine rings is 3. The Morgan fingerprint density at radius 2 is 1.66 bits per heavy atom. The normalized spacial score (nSPS) is 20.3. The van der Waals surface area contributed by atoms with E-state index in [0.29, 0.717) is 86.9 Å². The van der Waals surface area contributed by atoms with Gasteiger partial charge >= 0.3 is 0 Å². The van der Waals surface area contributed by atoms with Crippen LogP contribution in [0.5, 0.6) is 5.75 Å². The molecule has 4 aliphatic rings. The Balaban J connectivity index is 0.692. The topological polar surface area (TPSA) is 214 Å². The average Bonchev–Trinajstić information content (AvgIpc) is 3.98. The molecule has 0 radical (unpaired) electrons. The van der Waals surface area contributed by atoms with Gasteiger partial charge in [-0.1, -0.05) is 26.0 Å². The minimum absolute atomic E-state index is 0.0688. The highest BCUT2D eigenvalue weighted by Gasteiger charge is 2.42. The van der Waals surface area contributed by atoms with Gasteiger partial charge in [0, 0.05) is 125 Å². The van der Waals surface area contributed by atoms with Crippen molar-refractivity contribution < 1.29 is 27.1 Å². The summed E-state index contributed by atoms with van der Waals surface area (Å²) in [6, 6.07) is 12.5. The Labute approximate surface area is 468 Å². The molecule has 22 heteroatoms. The molecule has 0 spiro atoms. The molecule has 4 aromatic heterocycles. The first-order valence-electron chi connectivity index (χ1n) is 27.9. The Bertz CT molecular complexity index is 3330. The third-order valence-electron chi connectivity index (χ3n) is 16.3. The summed E-state index contributed by atoms with van der Waals surface area (Å²) in [5.74, 6) is 1.75. The van der Waals surface area contributed by atoms with Crippen LogP contribution in [0.4, 0.5) is 27.5 Å². The number of carbonyl (C=O) groups excluding carboxylic acids is 2. The molecule has 0 bridgehead atoms. The van der Waals surface area contributed by atoms with E-state index in [1.165, 1.54) is 18.5 Å². The lowest BCUT2D eigenvalue weighted by Crippen LogP contribution is -2.63. The van der Waals surface area contributed by atoms with Crippen LogP contribution in [-0.4, -0.2) is 190 Å². The maximum atomic E-state index is 14.4. The van der Waals surface area contributed by atoms with Gasteiger partial charge in [-0.05, 0) is 96.7 Å². The zero-order chi connectivity index (χ0) is 56.7. The van der Waals surface area contributed by atoms with Crippen molar-refractivity contribution in [1.29, 1.82) is 0 Å². The molecule has 3 N–H and O–H groups in total. The molecule has 10 rings (SSSR count). The number of ether oxygens (including phenoxy) is 1. The number of hydrogen-bond acceptors (Lipinski definition) is 17. The Hall–Kier alpha value is -6.72. The molecule has 0 aliphatic carbocycles. The average molecular weight is 1110 g/mol. The number of hydrogen-bond donors (Lipinski definition) is 3. The van der Waals surface area contributed by atoms with E-state index < -0.39 is 14.6 Å². The van der Waals surface area contributed by atoms with E-state index >= 15 is 0 Å². The lowest BCUT2D eigenvalue weighted by Gasteiger charge is -2.46. The van der Waals surface area contributed by atoms with Crippen molar-refractivity contribution in [3.05, 3.63) is 107 Å². The number of fused-ring (bicyclic) bond motifs is 2. The number of aromatic amines is 1. The summed E-state index contributed by atoms with van der Waals surface area (Å²) in [5, 5.41) is 14.7. The number of aryl methyl sites for hydroxylation is 1. The maximum absolute atomic E-state index is 14.4. The van der Waals surface area contributed by atoms with Crippen LogP contribution in [0, 0.1) is 19.7 Å². The number of rotatable bonds is 16. The fourth-order valence-electron chi connectivity index (χ4n) is 11.3. The third-order valence-corrected chi connectivity index (χ3v) is 18.8. The number of anilines is 4. The molecule has 3 saturated heterocycles. The number of aromatic nitrogens is 7. The first-order valence-corrected chi connectivity index (χ1v) is 29.4. The van der Waals surface area contributed by atoms with E-state index in [9.17, 15) is 22.4 Å². The van der Waals surface area contributed by atoms with Crippen LogP contribution in [0.15, 0.2) is 72.3 Å². The van der Waals surface area contributed by atoms with Crippen molar-refractivity contribution in [2.45, 2.75) is 108 Å². The van der Waals surface area contributed by atoms with Gasteiger partial charge in [0.15, 0.2) is 9.84 Å². The molecular formula is C58H76FN15O5S. The molecule has 2 aromatic carbocycles. The van der Waals surface area contributed by atoms with Gasteiger partial charge in [0.2, 0.25) is 5.91 Å². The molecule has 2 amide bonds. The highest BCUT2D eigenvalue weighted by atomic mass is 32.2. The highest BCUT2D eigenvalue weighted by Crippen LogP contribution is 2.41. The summed E-state index contributed by atoms with van der Waals surface area (Å²) < 4.78 is 46.8. The number of nitrogens with zero attached hydrogens (tertiary/aromatic N) is 12. The quantitative estimate of drug-likeness (QED) is 0.0959. The molecule has 1 unspecified atom stereocenters. The zero-order valence-electron chi connectivity index (χ0n) is 47.6. The molecule has 426 valence electrons. The van der Waals surface area contributed by atoms with Crippen LogP contribution >= 0.6 is 0 Å². The number of amides is 2. The summed E-state index contributed by atoms with van der Waals surface area (Å²) in [4.78, 5) is 64.4. The van der Waals surface area contributed by atoms with E-state index in [-0.39, 0.29) is 58.4 Å². The molecule has 4 aliphatic heterocycles. The molecule has 3 fully saturated rings. The second kappa shape index (κ2) is 23.0. The zero-order valence-corrected chi connectivity index (χ0v) is 48.4. The van der Waals surface area contributed by atoms with Gasteiger partial charge in [-0.15, -0.1) is 0 Å². The molecule has 6 aromatic rings. The first-order chi connectivity index (χ1) is 38.1. The third kappa shape index (κ3) is 12.1. The second-order valence-electron chi connectivity index (χ2n) is 23.7. The fourth-order valence-corrected chi connectivity index (χ4v) is 12.6. The molecule has 20 nitrogen and oxygen atoms in total. The van der Waals surface area contributed by atoms with E-state index in [1.54, 1.807) is 57.4 Å². The Morgan fingerprint density at radius 3 is 2.36 bits per heavy atom. The summed E-state index contributed by atoms with van der Waals surface area (Å²) >= 11 is 0. The van der Waals surface area contributed by atoms with Crippen LogP contribution in [0.25, 0.3) is 10.9 Å². The lowest BCUT2D eigenvalue weighted by molar-refractivity contribution is -0.120. The van der Waals surface area contributed by atoms with Crippen LogP contribution in [0.3, 0.4) is 0 Å². The van der Waals surface area contributed by atoms with Crippen molar-refractivity contribution in [1.82, 2.24) is 60.0 Å². The molecule has 3 atom stereocenters. The number of pyridine rings is 1. The minimum Gasteiger partial charge on any atom is -0.492 e. The lowest BCUT2D eigenvalue weighted by atomic mass is 9.91. The summed E-state index contributed by atoms with van der Waals surface area (Å²) in [6.07, 6.45) is 7.87. The Kier molecular flexibility index (Phi) is 16.3. The van der Waals surface area contributed by atoms with E-state index in [4.69, 9.17) is 14.7 Å². The number of carbonyl (C=O) groups is 2. The molecule has 8 heterocycles. The van der Waals surface area contributed by atoms with Crippen LogP contribution in [0.1, 0.15) is 93.5 Å². The van der Waals surface area contributed by atoms with E-state index in [1.807, 2.05) is 29.8 Å². The van der Waals surface area contributed by atoms with Crippen LogP contribution in [0.2, 0.25) is 0 Å². The molecule has 0 saturated carbocycles. The molecule has 80 heavy (non-hydrogen) atoms.